The van der Waals surface area contributed by atoms with E-state index in [-0.39, 0.29) is 6.10 Å². The van der Waals surface area contributed by atoms with Gasteiger partial charge in [-0.1, -0.05) is 73.8 Å². The van der Waals surface area contributed by atoms with E-state index < -0.39 is 8.07 Å². The van der Waals surface area contributed by atoms with E-state index in [2.05, 4.69) is 67.0 Å². The fourth-order valence-corrected chi connectivity index (χ4v) is 4.01. The van der Waals surface area contributed by atoms with E-state index in [1.807, 2.05) is 18.2 Å². The van der Waals surface area contributed by atoms with Crippen molar-refractivity contribution in [1.82, 2.24) is 0 Å². The Balaban J connectivity index is 2.09. The van der Waals surface area contributed by atoms with Crippen molar-refractivity contribution in [1.29, 1.82) is 0 Å². The molecule has 0 aliphatic carbocycles. The summed E-state index contributed by atoms with van der Waals surface area (Å²) in [4.78, 5) is 0. The van der Waals surface area contributed by atoms with E-state index in [0.717, 1.165) is 6.42 Å². The van der Waals surface area contributed by atoms with E-state index in [9.17, 15) is 0 Å². The first-order valence-corrected chi connectivity index (χ1v) is 10.3. The molecule has 0 saturated carbocycles. The number of benzene rings is 2. The van der Waals surface area contributed by atoms with Gasteiger partial charge in [-0.15, -0.1) is 11.5 Å². The fraction of sp³-hybridized carbons (Fsp3) is 0.263. The van der Waals surface area contributed by atoms with Crippen LogP contribution in [0.3, 0.4) is 0 Å². The van der Waals surface area contributed by atoms with Gasteiger partial charge in [-0.3, -0.25) is 0 Å². The summed E-state index contributed by atoms with van der Waals surface area (Å²) in [6, 6.07) is 20.9. The second-order valence-corrected chi connectivity index (χ2v) is 9.71. The Bertz CT molecular complexity index is 608. The molecule has 0 aliphatic heterocycles. The van der Waals surface area contributed by atoms with Crippen LogP contribution in [0.4, 0.5) is 0 Å². The molecule has 0 fully saturated rings. The lowest BCUT2D eigenvalue weighted by atomic mass is 10.1. The maximum absolute atomic E-state index is 5.57. The van der Waals surface area contributed by atoms with Crippen LogP contribution in [-0.2, 0) is 4.74 Å². The molecule has 0 aliphatic rings. The first-order valence-electron chi connectivity index (χ1n) is 7.27. The van der Waals surface area contributed by atoms with E-state index in [1.54, 1.807) is 7.11 Å². The highest BCUT2D eigenvalue weighted by Crippen LogP contribution is 2.19. The van der Waals surface area contributed by atoms with Crippen LogP contribution in [0.1, 0.15) is 18.1 Å². The van der Waals surface area contributed by atoms with Gasteiger partial charge >= 0.3 is 0 Å². The minimum atomic E-state index is -1.68. The van der Waals surface area contributed by atoms with Crippen molar-refractivity contribution >= 4 is 13.3 Å². The summed E-state index contributed by atoms with van der Waals surface area (Å²) >= 11 is 0. The summed E-state index contributed by atoms with van der Waals surface area (Å²) < 4.78 is 5.57. The Labute approximate surface area is 129 Å². The minimum Gasteiger partial charge on any atom is -0.376 e. The van der Waals surface area contributed by atoms with Gasteiger partial charge in [0.25, 0.3) is 0 Å². The zero-order valence-electron chi connectivity index (χ0n) is 13.0. The van der Waals surface area contributed by atoms with Crippen molar-refractivity contribution in [3.63, 3.8) is 0 Å². The van der Waals surface area contributed by atoms with Crippen LogP contribution in [0.25, 0.3) is 0 Å². The van der Waals surface area contributed by atoms with Gasteiger partial charge in [0.15, 0.2) is 8.07 Å². The van der Waals surface area contributed by atoms with E-state index in [1.165, 1.54) is 10.8 Å². The summed E-state index contributed by atoms with van der Waals surface area (Å²) in [5.74, 6) is 3.36. The quantitative estimate of drug-likeness (QED) is 0.613. The molecule has 1 atom stereocenters. The highest BCUT2D eigenvalue weighted by Gasteiger charge is 2.20. The highest BCUT2D eigenvalue weighted by molar-refractivity contribution is 6.96. The predicted molar refractivity (Wildman–Crippen MR) is 92.1 cm³/mol. The Kier molecular flexibility index (Phi) is 5.38. The molecule has 2 aromatic rings. The number of hydrogen-bond donors (Lipinski definition) is 0. The second-order valence-electron chi connectivity index (χ2n) is 5.63. The lowest BCUT2D eigenvalue weighted by Gasteiger charge is -2.16. The lowest BCUT2D eigenvalue weighted by Crippen LogP contribution is -2.39. The van der Waals surface area contributed by atoms with E-state index in [0.29, 0.717) is 0 Å². The van der Waals surface area contributed by atoms with Crippen molar-refractivity contribution in [2.24, 2.45) is 0 Å². The second kappa shape index (κ2) is 7.26. The fourth-order valence-electron chi connectivity index (χ4n) is 2.30. The third kappa shape index (κ3) is 4.32. The summed E-state index contributed by atoms with van der Waals surface area (Å²) in [6.07, 6.45) is 0.795. The first kappa shape index (κ1) is 15.6. The zero-order valence-corrected chi connectivity index (χ0v) is 14.0. The van der Waals surface area contributed by atoms with E-state index in [4.69, 9.17) is 4.74 Å². The molecular formula is C19H22OSi. The van der Waals surface area contributed by atoms with Gasteiger partial charge in [-0.25, -0.2) is 0 Å². The van der Waals surface area contributed by atoms with E-state index >= 15 is 0 Å². The molecule has 1 unspecified atom stereocenters. The van der Waals surface area contributed by atoms with Crippen molar-refractivity contribution in [3.8, 4) is 11.5 Å². The van der Waals surface area contributed by atoms with Gasteiger partial charge in [-0.05, 0) is 10.8 Å². The molecule has 1 nitrogen and oxygen atoms in total. The Hall–Kier alpha value is -1.82. The summed E-state index contributed by atoms with van der Waals surface area (Å²) in [5.41, 5.74) is 4.71. The molecule has 0 spiro atoms. The Morgan fingerprint density at radius 3 is 2.10 bits per heavy atom. The molecule has 2 rings (SSSR count). The monoisotopic (exact) mass is 294 g/mol. The molecule has 0 heterocycles. The van der Waals surface area contributed by atoms with Gasteiger partial charge in [0.05, 0.1) is 6.10 Å². The smallest absolute Gasteiger partial charge is 0.162 e. The maximum atomic E-state index is 5.57. The summed E-state index contributed by atoms with van der Waals surface area (Å²) in [5, 5.41) is 1.38. The number of methoxy groups -OCH3 is 1. The standard InChI is InChI=1S/C19H22OSi/c1-20-19(17-11-6-4-7-12-17)15-10-16-21(2,3)18-13-8-5-9-14-18/h4-9,11-14,19H,15H2,1-3H3. The Morgan fingerprint density at radius 1 is 0.952 bits per heavy atom. The average molecular weight is 294 g/mol. The van der Waals surface area contributed by atoms with Crippen LogP contribution in [-0.4, -0.2) is 15.2 Å². The summed E-state index contributed by atoms with van der Waals surface area (Å²) in [7, 11) is 0.0725. The number of hydrogen-bond acceptors (Lipinski definition) is 1. The van der Waals surface area contributed by atoms with Gasteiger partial charge in [0, 0.05) is 13.5 Å². The highest BCUT2D eigenvalue weighted by atomic mass is 28.3. The minimum absolute atomic E-state index is 0.0549. The van der Waals surface area contributed by atoms with Gasteiger partial charge in [-0.2, -0.15) is 0 Å². The molecule has 0 amide bonds. The average Bonchev–Trinajstić information content (AvgIpc) is 2.53. The third-order valence-electron chi connectivity index (χ3n) is 3.64. The molecule has 0 aromatic heterocycles. The molecule has 2 heteroatoms. The van der Waals surface area contributed by atoms with Crippen LogP contribution in [0, 0.1) is 11.5 Å². The van der Waals surface area contributed by atoms with Gasteiger partial charge in [0.2, 0.25) is 0 Å². The molecular weight excluding hydrogens is 272 g/mol. The Morgan fingerprint density at radius 2 is 1.52 bits per heavy atom. The first-order chi connectivity index (χ1) is 10.1. The van der Waals surface area contributed by atoms with Crippen molar-refractivity contribution < 1.29 is 4.74 Å². The molecule has 0 bridgehead atoms. The SMILES string of the molecule is COC(CC#C[Si](C)(C)c1ccccc1)c1ccccc1. The molecule has 0 radical (unpaired) electrons. The lowest BCUT2D eigenvalue weighted by molar-refractivity contribution is 0.108. The molecule has 0 N–H and O–H groups in total. The molecule has 2 aromatic carbocycles. The van der Waals surface area contributed by atoms with Crippen molar-refractivity contribution in [3.05, 3.63) is 66.2 Å². The molecule has 21 heavy (non-hydrogen) atoms. The zero-order chi connectivity index (χ0) is 15.1. The van der Waals surface area contributed by atoms with Crippen LogP contribution >= 0.6 is 0 Å². The van der Waals surface area contributed by atoms with Crippen LogP contribution in [0.5, 0.6) is 0 Å². The summed E-state index contributed by atoms with van der Waals surface area (Å²) in [6.45, 7) is 4.58. The largest absolute Gasteiger partial charge is 0.376 e. The van der Waals surface area contributed by atoms with Gasteiger partial charge in [0.1, 0.15) is 0 Å². The normalized spacial score (nSPS) is 12.3. The third-order valence-corrected chi connectivity index (χ3v) is 6.22. The molecule has 108 valence electrons. The number of ether oxygens (including phenoxy) is 1. The van der Waals surface area contributed by atoms with Crippen LogP contribution < -0.4 is 5.19 Å². The number of rotatable bonds is 4. The van der Waals surface area contributed by atoms with Crippen molar-refractivity contribution in [2.45, 2.75) is 25.6 Å². The predicted octanol–water partition coefficient (Wildman–Crippen LogP) is 3.92. The van der Waals surface area contributed by atoms with Crippen LogP contribution in [0.15, 0.2) is 60.7 Å². The van der Waals surface area contributed by atoms with Crippen LogP contribution in [0.2, 0.25) is 13.1 Å². The molecule has 0 saturated heterocycles. The maximum Gasteiger partial charge on any atom is 0.162 e. The topological polar surface area (TPSA) is 9.23 Å². The van der Waals surface area contributed by atoms with Crippen molar-refractivity contribution in [2.75, 3.05) is 7.11 Å². The van der Waals surface area contributed by atoms with Gasteiger partial charge < -0.3 is 4.74 Å².